The van der Waals surface area contributed by atoms with Crippen molar-refractivity contribution in [3.8, 4) is 0 Å². The van der Waals surface area contributed by atoms with E-state index >= 15 is 0 Å². The summed E-state index contributed by atoms with van der Waals surface area (Å²) in [6.07, 6.45) is 0.603. The monoisotopic (exact) mass is 307 g/mol. The number of piperidine rings is 1. The van der Waals surface area contributed by atoms with Crippen molar-refractivity contribution < 1.29 is 14.8 Å². The molecule has 1 saturated heterocycles. The number of nitro groups is 1. The smallest absolute Gasteiger partial charge is 0.407 e. The molecular formula is C15H21N3O4. The summed E-state index contributed by atoms with van der Waals surface area (Å²) in [5.41, 5.74) is 1.50. The van der Waals surface area contributed by atoms with Gasteiger partial charge in [0.05, 0.1) is 4.92 Å². The SMILES string of the molecule is CC(C)c1ccc([N+](=O)[O-])c(N[C@H]2CCCN(C(=O)O)C2)c1. The van der Waals surface area contributed by atoms with Crippen LogP contribution in [0.25, 0.3) is 0 Å². The first-order valence-electron chi connectivity index (χ1n) is 7.41. The van der Waals surface area contributed by atoms with Gasteiger partial charge in [-0.05, 0) is 30.4 Å². The zero-order chi connectivity index (χ0) is 16.3. The Morgan fingerprint density at radius 2 is 2.23 bits per heavy atom. The summed E-state index contributed by atoms with van der Waals surface area (Å²) < 4.78 is 0. The molecule has 1 fully saturated rings. The van der Waals surface area contributed by atoms with Crippen molar-refractivity contribution in [3.63, 3.8) is 0 Å². The summed E-state index contributed by atoms with van der Waals surface area (Å²) in [5, 5.41) is 23.4. The Balaban J connectivity index is 2.21. The molecular weight excluding hydrogens is 286 g/mol. The van der Waals surface area contributed by atoms with Gasteiger partial charge in [-0.1, -0.05) is 19.9 Å². The van der Waals surface area contributed by atoms with Crippen LogP contribution in [0.2, 0.25) is 0 Å². The van der Waals surface area contributed by atoms with Crippen molar-refractivity contribution in [1.29, 1.82) is 0 Å². The summed E-state index contributed by atoms with van der Waals surface area (Å²) in [5.74, 6) is 0.267. The first-order chi connectivity index (χ1) is 10.4. The van der Waals surface area contributed by atoms with E-state index in [0.717, 1.165) is 18.4 Å². The largest absolute Gasteiger partial charge is 0.465 e. The summed E-state index contributed by atoms with van der Waals surface area (Å²) >= 11 is 0. The Kier molecular flexibility index (Phi) is 4.85. The summed E-state index contributed by atoms with van der Waals surface area (Å²) in [4.78, 5) is 23.2. The molecule has 0 bridgehead atoms. The second kappa shape index (κ2) is 6.64. The lowest BCUT2D eigenvalue weighted by Crippen LogP contribution is -2.44. The molecule has 22 heavy (non-hydrogen) atoms. The first kappa shape index (κ1) is 16.1. The molecule has 2 rings (SSSR count). The van der Waals surface area contributed by atoms with E-state index in [-0.39, 0.29) is 17.6 Å². The van der Waals surface area contributed by atoms with Crippen molar-refractivity contribution in [1.82, 2.24) is 4.90 Å². The lowest BCUT2D eigenvalue weighted by molar-refractivity contribution is -0.384. The van der Waals surface area contributed by atoms with E-state index in [2.05, 4.69) is 5.32 Å². The molecule has 1 atom stereocenters. The molecule has 1 aromatic carbocycles. The van der Waals surface area contributed by atoms with Gasteiger partial charge < -0.3 is 15.3 Å². The van der Waals surface area contributed by atoms with Crippen molar-refractivity contribution in [3.05, 3.63) is 33.9 Å². The fourth-order valence-corrected chi connectivity index (χ4v) is 2.68. The Morgan fingerprint density at radius 3 is 2.82 bits per heavy atom. The molecule has 7 heteroatoms. The molecule has 1 heterocycles. The molecule has 1 aliphatic heterocycles. The van der Waals surface area contributed by atoms with Crippen LogP contribution < -0.4 is 5.32 Å². The van der Waals surface area contributed by atoms with Crippen molar-refractivity contribution in [2.75, 3.05) is 18.4 Å². The number of benzene rings is 1. The highest BCUT2D eigenvalue weighted by atomic mass is 16.6. The van der Waals surface area contributed by atoms with Gasteiger partial charge in [-0.15, -0.1) is 0 Å². The number of nitrogens with one attached hydrogen (secondary N) is 1. The van der Waals surface area contributed by atoms with Crippen LogP contribution in [-0.4, -0.2) is 40.2 Å². The van der Waals surface area contributed by atoms with Crippen LogP contribution in [0.4, 0.5) is 16.2 Å². The Bertz CT molecular complexity index is 574. The molecule has 2 N–H and O–H groups in total. The molecule has 1 amide bonds. The standard InChI is InChI=1S/C15H21N3O4/c1-10(2)11-5-6-14(18(21)22)13(8-11)16-12-4-3-7-17(9-12)15(19)20/h5-6,8,10,12,16H,3-4,7,9H2,1-2H3,(H,19,20)/t12-/m0/s1. The van der Waals surface area contributed by atoms with Gasteiger partial charge in [0.15, 0.2) is 0 Å². The number of nitrogens with zero attached hydrogens (tertiary/aromatic N) is 2. The van der Waals surface area contributed by atoms with Crippen LogP contribution in [0.5, 0.6) is 0 Å². The third-order valence-electron chi connectivity index (χ3n) is 3.94. The molecule has 0 unspecified atom stereocenters. The number of likely N-dealkylation sites (tertiary alicyclic amines) is 1. The molecule has 7 nitrogen and oxygen atoms in total. The van der Waals surface area contributed by atoms with Gasteiger partial charge in [-0.25, -0.2) is 4.79 Å². The minimum Gasteiger partial charge on any atom is -0.465 e. The van der Waals surface area contributed by atoms with Gasteiger partial charge in [0.1, 0.15) is 5.69 Å². The molecule has 0 aliphatic carbocycles. The van der Waals surface area contributed by atoms with Gasteiger partial charge in [0, 0.05) is 25.2 Å². The predicted molar refractivity (Wildman–Crippen MR) is 83.4 cm³/mol. The van der Waals surface area contributed by atoms with E-state index in [0.29, 0.717) is 18.8 Å². The second-order valence-electron chi connectivity index (χ2n) is 5.90. The number of carbonyl (C=O) groups is 1. The van der Waals surface area contributed by atoms with Gasteiger partial charge in [0.2, 0.25) is 0 Å². The molecule has 0 aromatic heterocycles. The lowest BCUT2D eigenvalue weighted by atomic mass is 10.0. The van der Waals surface area contributed by atoms with Crippen LogP contribution in [0.1, 0.15) is 38.2 Å². The number of hydrogen-bond donors (Lipinski definition) is 2. The first-order valence-corrected chi connectivity index (χ1v) is 7.41. The fraction of sp³-hybridized carbons (Fsp3) is 0.533. The third-order valence-corrected chi connectivity index (χ3v) is 3.94. The Hall–Kier alpha value is -2.31. The van der Waals surface area contributed by atoms with E-state index in [1.54, 1.807) is 12.1 Å². The fourth-order valence-electron chi connectivity index (χ4n) is 2.68. The zero-order valence-corrected chi connectivity index (χ0v) is 12.8. The second-order valence-corrected chi connectivity index (χ2v) is 5.90. The number of rotatable bonds is 4. The van der Waals surface area contributed by atoms with E-state index < -0.39 is 11.0 Å². The topological polar surface area (TPSA) is 95.7 Å². The number of nitro benzene ring substituents is 1. The number of amides is 1. The van der Waals surface area contributed by atoms with Crippen LogP contribution in [-0.2, 0) is 0 Å². The van der Waals surface area contributed by atoms with Gasteiger partial charge in [-0.3, -0.25) is 10.1 Å². The average molecular weight is 307 g/mol. The minimum atomic E-state index is -0.947. The van der Waals surface area contributed by atoms with E-state index in [9.17, 15) is 14.9 Å². The van der Waals surface area contributed by atoms with Crippen LogP contribution in [0, 0.1) is 10.1 Å². The maximum absolute atomic E-state index is 11.2. The molecule has 0 spiro atoms. The Morgan fingerprint density at radius 1 is 1.50 bits per heavy atom. The highest BCUT2D eigenvalue weighted by Gasteiger charge is 2.25. The van der Waals surface area contributed by atoms with E-state index in [1.807, 2.05) is 13.8 Å². The van der Waals surface area contributed by atoms with Gasteiger partial charge in [0.25, 0.3) is 5.69 Å². The lowest BCUT2D eigenvalue weighted by Gasteiger charge is -2.31. The minimum absolute atomic E-state index is 0.0249. The highest BCUT2D eigenvalue weighted by molar-refractivity contribution is 5.66. The molecule has 1 aliphatic rings. The van der Waals surface area contributed by atoms with Crippen LogP contribution in [0.15, 0.2) is 18.2 Å². The number of carboxylic acid groups (broad SMARTS) is 1. The quantitative estimate of drug-likeness (QED) is 0.657. The average Bonchev–Trinajstić information content (AvgIpc) is 2.47. The van der Waals surface area contributed by atoms with Crippen molar-refractivity contribution >= 4 is 17.5 Å². The molecule has 120 valence electrons. The van der Waals surface area contributed by atoms with Crippen LogP contribution >= 0.6 is 0 Å². The number of anilines is 1. The van der Waals surface area contributed by atoms with Crippen molar-refractivity contribution in [2.45, 2.75) is 38.6 Å². The molecule has 1 aromatic rings. The van der Waals surface area contributed by atoms with Crippen LogP contribution in [0.3, 0.4) is 0 Å². The third kappa shape index (κ3) is 3.66. The maximum Gasteiger partial charge on any atom is 0.407 e. The van der Waals surface area contributed by atoms with Gasteiger partial charge >= 0.3 is 6.09 Å². The summed E-state index contributed by atoms with van der Waals surface area (Å²) in [6.45, 7) is 4.91. The highest BCUT2D eigenvalue weighted by Crippen LogP contribution is 2.30. The van der Waals surface area contributed by atoms with Crippen molar-refractivity contribution in [2.24, 2.45) is 0 Å². The Labute approximate surface area is 129 Å². The molecule has 0 radical (unpaired) electrons. The maximum atomic E-state index is 11.2. The summed E-state index contributed by atoms with van der Waals surface area (Å²) in [6, 6.07) is 4.96. The van der Waals surface area contributed by atoms with E-state index in [1.165, 1.54) is 11.0 Å². The number of hydrogen-bond acceptors (Lipinski definition) is 4. The van der Waals surface area contributed by atoms with Gasteiger partial charge in [-0.2, -0.15) is 0 Å². The normalized spacial score (nSPS) is 18.3. The summed E-state index contributed by atoms with van der Waals surface area (Å²) in [7, 11) is 0. The van der Waals surface area contributed by atoms with E-state index in [4.69, 9.17) is 5.11 Å². The zero-order valence-electron chi connectivity index (χ0n) is 12.8. The predicted octanol–water partition coefficient (Wildman–Crippen LogP) is 3.27. The molecule has 0 saturated carbocycles.